The molecule has 0 spiro atoms. The van der Waals surface area contributed by atoms with E-state index in [0.29, 0.717) is 22.8 Å². The van der Waals surface area contributed by atoms with E-state index in [9.17, 15) is 9.59 Å². The number of rotatable bonds is 6. The van der Waals surface area contributed by atoms with Crippen LogP contribution in [0.25, 0.3) is 0 Å². The van der Waals surface area contributed by atoms with Gasteiger partial charge in [-0.3, -0.25) is 14.5 Å². The van der Waals surface area contributed by atoms with Crippen LogP contribution in [0.15, 0.2) is 48.5 Å². The molecule has 0 radical (unpaired) electrons. The van der Waals surface area contributed by atoms with Gasteiger partial charge in [-0.2, -0.15) is 0 Å². The van der Waals surface area contributed by atoms with Crippen LogP contribution in [0.5, 0.6) is 0 Å². The summed E-state index contributed by atoms with van der Waals surface area (Å²) < 4.78 is 0. The second-order valence-corrected chi connectivity index (χ2v) is 6.28. The van der Waals surface area contributed by atoms with Gasteiger partial charge in [0.25, 0.3) is 0 Å². The van der Waals surface area contributed by atoms with Gasteiger partial charge in [0.15, 0.2) is 5.78 Å². The Labute approximate surface area is 147 Å². The Morgan fingerprint density at radius 3 is 2.42 bits per heavy atom. The molecular formula is C19H21ClN2O2. The number of hydrogen-bond donors (Lipinski definition) is 1. The molecule has 5 heteroatoms. The molecule has 24 heavy (non-hydrogen) atoms. The standard InChI is InChI=1S/C19H21ClN2O2/c1-13(22(3)12-15-5-4-6-17(20)11-15)19(24)21-18-9-7-16(8-10-18)14(2)23/h4-11,13H,12H2,1-3H3,(H,21,24)/t13-/m1/s1. The number of hydrogen-bond acceptors (Lipinski definition) is 3. The SMILES string of the molecule is CC(=O)c1ccc(NC(=O)[C@@H](C)N(C)Cc2cccc(Cl)c2)cc1. The minimum absolute atomic E-state index is 0.00231. The summed E-state index contributed by atoms with van der Waals surface area (Å²) in [5.74, 6) is -0.0994. The lowest BCUT2D eigenvalue weighted by molar-refractivity contribution is -0.120. The summed E-state index contributed by atoms with van der Waals surface area (Å²) in [6, 6.07) is 14.2. The zero-order valence-corrected chi connectivity index (χ0v) is 14.8. The van der Waals surface area contributed by atoms with E-state index in [1.165, 1.54) is 6.92 Å². The largest absolute Gasteiger partial charge is 0.325 e. The molecule has 0 unspecified atom stereocenters. The van der Waals surface area contributed by atoms with Gasteiger partial charge in [-0.25, -0.2) is 0 Å². The molecule has 0 saturated carbocycles. The summed E-state index contributed by atoms with van der Waals surface area (Å²) in [6.07, 6.45) is 0. The van der Waals surface area contributed by atoms with Crippen LogP contribution in [0.1, 0.15) is 29.8 Å². The van der Waals surface area contributed by atoms with Crippen LogP contribution < -0.4 is 5.32 Å². The van der Waals surface area contributed by atoms with Crippen LogP contribution in [0.4, 0.5) is 5.69 Å². The topological polar surface area (TPSA) is 49.4 Å². The normalized spacial score (nSPS) is 12.0. The Morgan fingerprint density at radius 1 is 1.17 bits per heavy atom. The molecule has 1 N–H and O–H groups in total. The zero-order chi connectivity index (χ0) is 17.7. The fraction of sp³-hybridized carbons (Fsp3) is 0.263. The third kappa shape index (κ3) is 4.91. The number of likely N-dealkylation sites (N-methyl/N-ethyl adjacent to an activating group) is 1. The van der Waals surface area contributed by atoms with E-state index in [4.69, 9.17) is 11.6 Å². The van der Waals surface area contributed by atoms with Crippen molar-refractivity contribution in [2.75, 3.05) is 12.4 Å². The quantitative estimate of drug-likeness (QED) is 0.806. The monoisotopic (exact) mass is 344 g/mol. The Kier molecular flexibility index (Phi) is 6.12. The first-order valence-electron chi connectivity index (χ1n) is 7.73. The van der Waals surface area contributed by atoms with Gasteiger partial charge in [-0.1, -0.05) is 23.7 Å². The summed E-state index contributed by atoms with van der Waals surface area (Å²) in [6.45, 7) is 3.99. The first-order chi connectivity index (χ1) is 11.4. The third-order valence-electron chi connectivity index (χ3n) is 3.92. The van der Waals surface area contributed by atoms with Crippen LogP contribution in [-0.2, 0) is 11.3 Å². The van der Waals surface area contributed by atoms with Gasteiger partial charge in [0.1, 0.15) is 0 Å². The predicted octanol–water partition coefficient (Wildman–Crippen LogP) is 4.00. The summed E-state index contributed by atoms with van der Waals surface area (Å²) in [5, 5.41) is 3.55. The summed E-state index contributed by atoms with van der Waals surface area (Å²) in [7, 11) is 1.89. The molecule has 0 aliphatic carbocycles. The van der Waals surface area contributed by atoms with Crippen molar-refractivity contribution in [3.8, 4) is 0 Å². The fourth-order valence-electron chi connectivity index (χ4n) is 2.30. The van der Waals surface area contributed by atoms with Crippen molar-refractivity contribution in [2.24, 2.45) is 0 Å². The molecule has 1 atom stereocenters. The molecule has 2 rings (SSSR count). The van der Waals surface area contributed by atoms with Gasteiger partial charge in [-0.05, 0) is 62.9 Å². The highest BCUT2D eigenvalue weighted by Gasteiger charge is 2.18. The molecule has 0 aliphatic rings. The van der Waals surface area contributed by atoms with Crippen molar-refractivity contribution in [1.82, 2.24) is 4.90 Å². The lowest BCUT2D eigenvalue weighted by atomic mass is 10.1. The first kappa shape index (κ1) is 18.2. The maximum absolute atomic E-state index is 12.4. The molecule has 1 amide bonds. The zero-order valence-electron chi connectivity index (χ0n) is 14.0. The minimum Gasteiger partial charge on any atom is -0.325 e. The lowest BCUT2D eigenvalue weighted by Gasteiger charge is -2.24. The Hall–Kier alpha value is -2.17. The van der Waals surface area contributed by atoms with Crippen LogP contribution >= 0.6 is 11.6 Å². The minimum atomic E-state index is -0.309. The smallest absolute Gasteiger partial charge is 0.241 e. The van der Waals surface area contributed by atoms with Gasteiger partial charge in [0.2, 0.25) is 5.91 Å². The molecule has 0 fully saturated rings. The van der Waals surface area contributed by atoms with Gasteiger partial charge in [0, 0.05) is 22.8 Å². The Morgan fingerprint density at radius 2 is 1.83 bits per heavy atom. The van der Waals surface area contributed by atoms with E-state index in [-0.39, 0.29) is 17.7 Å². The number of amides is 1. The highest BCUT2D eigenvalue weighted by Crippen LogP contribution is 2.15. The highest BCUT2D eigenvalue weighted by molar-refractivity contribution is 6.30. The molecule has 0 saturated heterocycles. The highest BCUT2D eigenvalue weighted by atomic mass is 35.5. The molecule has 4 nitrogen and oxygen atoms in total. The number of anilines is 1. The predicted molar refractivity (Wildman–Crippen MR) is 97.5 cm³/mol. The average Bonchev–Trinajstić information content (AvgIpc) is 2.54. The molecule has 126 valence electrons. The van der Waals surface area contributed by atoms with E-state index < -0.39 is 0 Å². The van der Waals surface area contributed by atoms with E-state index in [0.717, 1.165) is 5.56 Å². The third-order valence-corrected chi connectivity index (χ3v) is 4.16. The van der Waals surface area contributed by atoms with E-state index >= 15 is 0 Å². The fourth-order valence-corrected chi connectivity index (χ4v) is 2.51. The van der Waals surface area contributed by atoms with Crippen LogP contribution in [-0.4, -0.2) is 29.7 Å². The molecule has 2 aromatic carbocycles. The molecule has 0 aromatic heterocycles. The number of carbonyl (C=O) groups excluding carboxylic acids is 2. The second-order valence-electron chi connectivity index (χ2n) is 5.84. The van der Waals surface area contributed by atoms with Gasteiger partial charge < -0.3 is 5.32 Å². The van der Waals surface area contributed by atoms with Gasteiger partial charge in [-0.15, -0.1) is 0 Å². The van der Waals surface area contributed by atoms with E-state index in [1.807, 2.05) is 43.1 Å². The maximum Gasteiger partial charge on any atom is 0.241 e. The van der Waals surface area contributed by atoms with E-state index in [1.54, 1.807) is 24.3 Å². The Bertz CT molecular complexity index is 728. The summed E-state index contributed by atoms with van der Waals surface area (Å²) in [4.78, 5) is 25.6. The van der Waals surface area contributed by atoms with Crippen molar-refractivity contribution in [1.29, 1.82) is 0 Å². The number of nitrogens with zero attached hydrogens (tertiary/aromatic N) is 1. The number of carbonyl (C=O) groups is 2. The van der Waals surface area contributed by atoms with Crippen molar-refractivity contribution >= 4 is 29.0 Å². The Balaban J connectivity index is 1.96. The maximum atomic E-state index is 12.4. The van der Waals surface area contributed by atoms with Crippen molar-refractivity contribution in [3.63, 3.8) is 0 Å². The molecule has 0 heterocycles. The van der Waals surface area contributed by atoms with Crippen molar-refractivity contribution < 1.29 is 9.59 Å². The number of halogens is 1. The van der Waals surface area contributed by atoms with Crippen LogP contribution in [0, 0.1) is 0 Å². The summed E-state index contributed by atoms with van der Waals surface area (Å²) in [5.41, 5.74) is 2.35. The number of nitrogens with one attached hydrogen (secondary N) is 1. The molecule has 0 bridgehead atoms. The lowest BCUT2D eigenvalue weighted by Crippen LogP contribution is -2.39. The summed E-state index contributed by atoms with van der Waals surface area (Å²) >= 11 is 5.99. The van der Waals surface area contributed by atoms with Crippen LogP contribution in [0.2, 0.25) is 5.02 Å². The number of Topliss-reactive ketones (excluding diaryl/α,β-unsaturated/α-hetero) is 1. The average molecular weight is 345 g/mol. The van der Waals surface area contributed by atoms with Gasteiger partial charge in [0.05, 0.1) is 6.04 Å². The van der Waals surface area contributed by atoms with Crippen molar-refractivity contribution in [3.05, 3.63) is 64.7 Å². The van der Waals surface area contributed by atoms with Gasteiger partial charge >= 0.3 is 0 Å². The van der Waals surface area contributed by atoms with Crippen molar-refractivity contribution in [2.45, 2.75) is 26.4 Å². The van der Waals surface area contributed by atoms with Crippen LogP contribution in [0.3, 0.4) is 0 Å². The number of ketones is 1. The molecule has 2 aromatic rings. The second kappa shape index (κ2) is 8.08. The first-order valence-corrected chi connectivity index (χ1v) is 8.11. The number of benzene rings is 2. The molecule has 0 aliphatic heterocycles. The molecular weight excluding hydrogens is 324 g/mol. The van der Waals surface area contributed by atoms with E-state index in [2.05, 4.69) is 5.32 Å².